The SMILES string of the molecule is CN1C(=O)CC[C@@H](C(=O)OCC(=O)C2CC2)[C@H]1c1cnn(C)c1. The van der Waals surface area contributed by atoms with Gasteiger partial charge in [0.1, 0.15) is 6.61 Å². The smallest absolute Gasteiger partial charge is 0.311 e. The van der Waals surface area contributed by atoms with Crippen LogP contribution >= 0.6 is 0 Å². The third kappa shape index (κ3) is 3.28. The predicted molar refractivity (Wildman–Crippen MR) is 80.1 cm³/mol. The summed E-state index contributed by atoms with van der Waals surface area (Å²) in [7, 11) is 3.48. The van der Waals surface area contributed by atoms with E-state index in [4.69, 9.17) is 4.74 Å². The van der Waals surface area contributed by atoms with Gasteiger partial charge in [-0.05, 0) is 19.3 Å². The van der Waals surface area contributed by atoms with Crippen LogP contribution in [0.1, 0.15) is 37.3 Å². The molecule has 2 aliphatic rings. The van der Waals surface area contributed by atoms with E-state index in [1.54, 1.807) is 36.1 Å². The Hall–Kier alpha value is -2.18. The Kier molecular flexibility index (Phi) is 4.19. The molecule has 0 unspecified atom stereocenters. The molecule has 2 heterocycles. The molecule has 2 fully saturated rings. The number of hydrogen-bond acceptors (Lipinski definition) is 5. The zero-order valence-corrected chi connectivity index (χ0v) is 13.4. The number of hydrogen-bond donors (Lipinski definition) is 0. The van der Waals surface area contributed by atoms with Crippen molar-refractivity contribution in [3.8, 4) is 0 Å². The van der Waals surface area contributed by atoms with Crippen LogP contribution in [0.4, 0.5) is 0 Å². The van der Waals surface area contributed by atoms with Crippen molar-refractivity contribution >= 4 is 17.7 Å². The van der Waals surface area contributed by atoms with Crippen molar-refractivity contribution in [2.75, 3.05) is 13.7 Å². The summed E-state index contributed by atoms with van der Waals surface area (Å²) >= 11 is 0. The first-order chi connectivity index (χ1) is 11.0. The monoisotopic (exact) mass is 319 g/mol. The number of aryl methyl sites for hydroxylation is 1. The van der Waals surface area contributed by atoms with Crippen LogP contribution in [-0.4, -0.2) is 46.0 Å². The van der Waals surface area contributed by atoms with Crippen LogP contribution in [-0.2, 0) is 26.2 Å². The molecule has 0 aromatic carbocycles. The van der Waals surface area contributed by atoms with E-state index in [0.717, 1.165) is 18.4 Å². The molecule has 1 aliphatic heterocycles. The van der Waals surface area contributed by atoms with Gasteiger partial charge in [0.05, 0.1) is 18.2 Å². The number of ether oxygens (including phenoxy) is 1. The molecule has 0 radical (unpaired) electrons. The Bertz CT molecular complexity index is 635. The summed E-state index contributed by atoms with van der Waals surface area (Å²) in [5.41, 5.74) is 0.804. The predicted octanol–water partition coefficient (Wildman–Crippen LogP) is 0.852. The lowest BCUT2D eigenvalue weighted by Crippen LogP contribution is -2.43. The average molecular weight is 319 g/mol. The van der Waals surface area contributed by atoms with E-state index in [2.05, 4.69) is 5.10 Å². The highest BCUT2D eigenvalue weighted by atomic mass is 16.5. The van der Waals surface area contributed by atoms with E-state index in [1.165, 1.54) is 0 Å². The van der Waals surface area contributed by atoms with Crippen molar-refractivity contribution in [2.24, 2.45) is 18.9 Å². The lowest BCUT2D eigenvalue weighted by molar-refractivity contribution is -0.158. The van der Waals surface area contributed by atoms with E-state index >= 15 is 0 Å². The summed E-state index contributed by atoms with van der Waals surface area (Å²) in [4.78, 5) is 37.7. The molecule has 1 saturated carbocycles. The lowest BCUT2D eigenvalue weighted by atomic mass is 9.86. The minimum absolute atomic E-state index is 0.00281. The van der Waals surface area contributed by atoms with Gasteiger partial charge in [0.25, 0.3) is 0 Å². The van der Waals surface area contributed by atoms with Crippen LogP contribution in [0, 0.1) is 11.8 Å². The van der Waals surface area contributed by atoms with Gasteiger partial charge in [-0.15, -0.1) is 0 Å². The number of nitrogens with zero attached hydrogens (tertiary/aromatic N) is 3. The molecule has 1 aliphatic carbocycles. The highest BCUT2D eigenvalue weighted by Gasteiger charge is 2.41. The van der Waals surface area contributed by atoms with E-state index in [9.17, 15) is 14.4 Å². The van der Waals surface area contributed by atoms with Crippen LogP contribution in [0.25, 0.3) is 0 Å². The molecule has 124 valence electrons. The Morgan fingerprint density at radius 1 is 1.30 bits per heavy atom. The fourth-order valence-electron chi connectivity index (χ4n) is 3.11. The second-order valence-electron chi connectivity index (χ2n) is 6.39. The number of piperidine rings is 1. The van der Waals surface area contributed by atoms with Gasteiger partial charge in [-0.2, -0.15) is 5.10 Å². The molecular formula is C16H21N3O4. The molecule has 23 heavy (non-hydrogen) atoms. The topological polar surface area (TPSA) is 81.5 Å². The van der Waals surface area contributed by atoms with Gasteiger partial charge in [0, 0.05) is 38.2 Å². The van der Waals surface area contributed by atoms with Crippen LogP contribution in [0.2, 0.25) is 0 Å². The van der Waals surface area contributed by atoms with Crippen molar-refractivity contribution in [1.29, 1.82) is 0 Å². The maximum Gasteiger partial charge on any atom is 0.311 e. The van der Waals surface area contributed by atoms with E-state index < -0.39 is 17.9 Å². The molecule has 2 atom stereocenters. The minimum Gasteiger partial charge on any atom is -0.457 e. The van der Waals surface area contributed by atoms with Crippen molar-refractivity contribution in [2.45, 2.75) is 31.7 Å². The number of Topliss-reactive ketones (excluding diaryl/α,β-unsaturated/α-hetero) is 1. The third-order valence-corrected chi connectivity index (χ3v) is 4.62. The van der Waals surface area contributed by atoms with Crippen LogP contribution < -0.4 is 0 Å². The lowest BCUT2D eigenvalue weighted by Gasteiger charge is -2.37. The molecule has 1 aromatic heterocycles. The fourth-order valence-corrected chi connectivity index (χ4v) is 3.11. The standard InChI is InChI=1S/C16H21N3O4/c1-18-8-11(7-17-18)15-12(5-6-14(21)19(15)2)16(22)23-9-13(20)10-3-4-10/h7-8,10,12,15H,3-6,9H2,1-2H3/t12-,15-/m1/s1. The Labute approximate surface area is 134 Å². The summed E-state index contributed by atoms with van der Waals surface area (Å²) in [5.74, 6) is -0.804. The normalized spacial score (nSPS) is 24.6. The second kappa shape index (κ2) is 6.14. The molecular weight excluding hydrogens is 298 g/mol. The van der Waals surface area contributed by atoms with E-state index in [0.29, 0.717) is 12.8 Å². The molecule has 1 amide bonds. The number of rotatable bonds is 5. The minimum atomic E-state index is -0.464. The first kappa shape index (κ1) is 15.7. The Balaban J connectivity index is 1.73. The highest BCUT2D eigenvalue weighted by molar-refractivity contribution is 5.87. The summed E-state index contributed by atoms with van der Waals surface area (Å²) in [6, 6.07) is -0.395. The van der Waals surface area contributed by atoms with Crippen molar-refractivity contribution < 1.29 is 19.1 Å². The molecule has 0 spiro atoms. The summed E-state index contributed by atoms with van der Waals surface area (Å²) in [5, 5.41) is 4.12. The zero-order valence-electron chi connectivity index (χ0n) is 13.4. The Morgan fingerprint density at radius 2 is 2.04 bits per heavy atom. The largest absolute Gasteiger partial charge is 0.457 e. The second-order valence-corrected chi connectivity index (χ2v) is 6.39. The zero-order chi connectivity index (χ0) is 16.6. The number of aromatic nitrogens is 2. The van der Waals surface area contributed by atoms with Crippen LogP contribution in [0.15, 0.2) is 12.4 Å². The van der Waals surface area contributed by atoms with E-state index in [-0.39, 0.29) is 24.2 Å². The summed E-state index contributed by atoms with van der Waals surface area (Å²) < 4.78 is 6.87. The fraction of sp³-hybridized carbons (Fsp3) is 0.625. The average Bonchev–Trinajstić information content (AvgIpc) is 3.29. The molecule has 1 aromatic rings. The molecule has 0 N–H and O–H groups in total. The Morgan fingerprint density at radius 3 is 2.65 bits per heavy atom. The first-order valence-corrected chi connectivity index (χ1v) is 7.91. The number of esters is 1. The molecule has 0 bridgehead atoms. The molecule has 1 saturated heterocycles. The quantitative estimate of drug-likeness (QED) is 0.752. The highest BCUT2D eigenvalue weighted by Crippen LogP contribution is 2.36. The number of likely N-dealkylation sites (tertiary alicyclic amines) is 1. The summed E-state index contributed by atoms with van der Waals surface area (Å²) in [6.07, 6.45) is 6.00. The van der Waals surface area contributed by atoms with Gasteiger partial charge in [-0.1, -0.05) is 0 Å². The maximum absolute atomic E-state index is 12.4. The van der Waals surface area contributed by atoms with Gasteiger partial charge in [0.2, 0.25) is 5.91 Å². The van der Waals surface area contributed by atoms with Crippen LogP contribution in [0.5, 0.6) is 0 Å². The van der Waals surface area contributed by atoms with Gasteiger partial charge in [0.15, 0.2) is 5.78 Å². The molecule has 7 heteroatoms. The number of carbonyl (C=O) groups is 3. The van der Waals surface area contributed by atoms with Gasteiger partial charge in [-0.25, -0.2) is 0 Å². The van der Waals surface area contributed by atoms with Gasteiger partial charge >= 0.3 is 5.97 Å². The van der Waals surface area contributed by atoms with Gasteiger partial charge < -0.3 is 9.64 Å². The number of amides is 1. The van der Waals surface area contributed by atoms with Crippen LogP contribution in [0.3, 0.4) is 0 Å². The van der Waals surface area contributed by atoms with E-state index in [1.807, 2.05) is 0 Å². The maximum atomic E-state index is 12.4. The number of ketones is 1. The van der Waals surface area contributed by atoms with Crippen molar-refractivity contribution in [3.05, 3.63) is 18.0 Å². The molecule has 7 nitrogen and oxygen atoms in total. The molecule has 3 rings (SSSR count). The third-order valence-electron chi connectivity index (χ3n) is 4.62. The van der Waals surface area contributed by atoms with Crippen molar-refractivity contribution in [1.82, 2.24) is 14.7 Å². The van der Waals surface area contributed by atoms with Crippen molar-refractivity contribution in [3.63, 3.8) is 0 Å². The van der Waals surface area contributed by atoms with Gasteiger partial charge in [-0.3, -0.25) is 19.1 Å². The number of carbonyl (C=O) groups excluding carboxylic acids is 3. The first-order valence-electron chi connectivity index (χ1n) is 7.91. The summed E-state index contributed by atoms with van der Waals surface area (Å²) in [6.45, 7) is -0.155.